The van der Waals surface area contributed by atoms with Crippen molar-refractivity contribution in [2.45, 2.75) is 19.6 Å². The first-order valence-electron chi connectivity index (χ1n) is 5.24. The molecule has 1 rings (SSSR count). The third kappa shape index (κ3) is 4.34. The van der Waals surface area contributed by atoms with E-state index in [0.717, 1.165) is 5.56 Å². The fourth-order valence-electron chi connectivity index (χ4n) is 1.25. The lowest BCUT2D eigenvalue weighted by molar-refractivity contribution is -0.148. The van der Waals surface area contributed by atoms with Crippen LogP contribution in [0.3, 0.4) is 0 Å². The van der Waals surface area contributed by atoms with Crippen LogP contribution in [0.5, 0.6) is 0 Å². The topological polar surface area (TPSA) is 75.6 Å². The minimum absolute atomic E-state index is 0.246. The monoisotopic (exact) mass is 237 g/mol. The maximum atomic E-state index is 10.8. The summed E-state index contributed by atoms with van der Waals surface area (Å²) in [7, 11) is 0. The average molecular weight is 237 g/mol. The van der Waals surface area contributed by atoms with Crippen molar-refractivity contribution >= 4 is 12.3 Å². The predicted octanol–water partition coefficient (Wildman–Crippen LogP) is 0.996. The largest absolute Gasteiger partial charge is 0.480 e. The number of aldehydes is 1. The lowest BCUT2D eigenvalue weighted by Crippen LogP contribution is -2.42. The van der Waals surface area contributed by atoms with Gasteiger partial charge in [-0.15, -0.1) is 0 Å². The lowest BCUT2D eigenvalue weighted by atomic mass is 10.1. The van der Waals surface area contributed by atoms with E-state index in [9.17, 15) is 9.59 Å². The van der Waals surface area contributed by atoms with Gasteiger partial charge in [-0.05, 0) is 5.56 Å². The van der Waals surface area contributed by atoms with E-state index >= 15 is 0 Å². The van der Waals surface area contributed by atoms with Crippen molar-refractivity contribution in [3.8, 4) is 0 Å². The van der Waals surface area contributed by atoms with E-state index in [0.29, 0.717) is 6.29 Å². The molecule has 0 aliphatic heterocycles. The minimum Gasteiger partial charge on any atom is -0.480 e. The van der Waals surface area contributed by atoms with Gasteiger partial charge in [-0.2, -0.15) is 5.48 Å². The molecule has 0 aromatic heterocycles. The van der Waals surface area contributed by atoms with Crippen molar-refractivity contribution in [1.29, 1.82) is 0 Å². The Morgan fingerprint density at radius 1 is 1.47 bits per heavy atom. The van der Waals surface area contributed by atoms with Gasteiger partial charge >= 0.3 is 5.97 Å². The van der Waals surface area contributed by atoms with Gasteiger partial charge < -0.3 is 9.90 Å². The molecule has 2 atom stereocenters. The summed E-state index contributed by atoms with van der Waals surface area (Å²) in [4.78, 5) is 26.4. The van der Waals surface area contributed by atoms with Crippen LogP contribution in [0.4, 0.5) is 0 Å². The van der Waals surface area contributed by atoms with Gasteiger partial charge in [0.1, 0.15) is 12.3 Å². The Labute approximate surface area is 99.4 Å². The molecule has 0 fully saturated rings. The Bertz CT molecular complexity index is 366. The first kappa shape index (κ1) is 13.3. The smallest absolute Gasteiger partial charge is 0.323 e. The van der Waals surface area contributed by atoms with Gasteiger partial charge in [0.05, 0.1) is 6.61 Å². The van der Waals surface area contributed by atoms with Crippen LogP contribution in [0.15, 0.2) is 30.3 Å². The molecule has 1 aromatic rings. The molecular formula is C12H15NO4. The number of benzene rings is 1. The number of aliphatic carboxylic acids is 1. The molecule has 2 unspecified atom stereocenters. The molecule has 17 heavy (non-hydrogen) atoms. The zero-order chi connectivity index (χ0) is 12.7. The highest BCUT2D eigenvalue weighted by atomic mass is 16.6. The number of carboxylic acid groups (broad SMARTS) is 1. The minimum atomic E-state index is -1.11. The molecule has 0 aliphatic rings. The number of carboxylic acids is 1. The van der Waals surface area contributed by atoms with E-state index in [1.165, 1.54) is 6.92 Å². The molecule has 0 spiro atoms. The van der Waals surface area contributed by atoms with Gasteiger partial charge in [-0.25, -0.2) is 0 Å². The van der Waals surface area contributed by atoms with Crippen LogP contribution in [0.25, 0.3) is 0 Å². The highest BCUT2D eigenvalue weighted by Gasteiger charge is 2.24. The fourth-order valence-corrected chi connectivity index (χ4v) is 1.25. The molecule has 0 aliphatic carbocycles. The molecule has 0 heterocycles. The van der Waals surface area contributed by atoms with Crippen LogP contribution in [0.1, 0.15) is 12.5 Å². The number of rotatable bonds is 7. The Hall–Kier alpha value is -1.72. The fraction of sp³-hybridized carbons (Fsp3) is 0.333. The van der Waals surface area contributed by atoms with Gasteiger partial charge in [0.15, 0.2) is 0 Å². The molecule has 0 bridgehead atoms. The van der Waals surface area contributed by atoms with Crippen LogP contribution in [-0.4, -0.2) is 23.4 Å². The highest BCUT2D eigenvalue weighted by Crippen LogP contribution is 2.03. The molecule has 2 N–H and O–H groups in total. The maximum absolute atomic E-state index is 10.8. The number of carbonyl (C=O) groups is 2. The standard InChI is InChI=1S/C12H15NO4/c1-9(7-14)11(12(15)16)13-17-8-10-5-3-2-4-6-10/h2-7,9,11,13H,8H2,1H3,(H,15,16). The Morgan fingerprint density at radius 3 is 2.65 bits per heavy atom. The lowest BCUT2D eigenvalue weighted by Gasteiger charge is -2.16. The number of hydroxylamine groups is 1. The summed E-state index contributed by atoms with van der Waals surface area (Å²) in [6.07, 6.45) is 0.581. The average Bonchev–Trinajstić information content (AvgIpc) is 2.34. The number of nitrogens with one attached hydrogen (secondary N) is 1. The molecule has 0 saturated heterocycles. The molecule has 0 radical (unpaired) electrons. The molecule has 92 valence electrons. The summed E-state index contributed by atoms with van der Waals surface area (Å²) < 4.78 is 0. The van der Waals surface area contributed by atoms with E-state index in [4.69, 9.17) is 9.94 Å². The summed E-state index contributed by atoms with van der Waals surface area (Å²) in [5, 5.41) is 8.87. The number of carbonyl (C=O) groups excluding carboxylic acids is 1. The van der Waals surface area contributed by atoms with Gasteiger partial charge in [-0.1, -0.05) is 37.3 Å². The molecule has 5 nitrogen and oxygen atoms in total. The van der Waals surface area contributed by atoms with Crippen molar-refractivity contribution in [2.75, 3.05) is 0 Å². The van der Waals surface area contributed by atoms with Crippen LogP contribution < -0.4 is 5.48 Å². The SMILES string of the molecule is CC(C=O)C(NOCc1ccccc1)C(=O)O. The Kier molecular flexibility index (Phi) is 5.32. The van der Waals surface area contributed by atoms with Crippen molar-refractivity contribution in [3.63, 3.8) is 0 Å². The zero-order valence-corrected chi connectivity index (χ0v) is 9.50. The Balaban J connectivity index is 2.43. The third-order valence-electron chi connectivity index (χ3n) is 2.30. The predicted molar refractivity (Wildman–Crippen MR) is 61.0 cm³/mol. The second-order valence-corrected chi connectivity index (χ2v) is 3.70. The molecule has 0 saturated carbocycles. The van der Waals surface area contributed by atoms with Gasteiger partial charge in [0.25, 0.3) is 0 Å². The van der Waals surface area contributed by atoms with E-state index in [-0.39, 0.29) is 6.61 Å². The summed E-state index contributed by atoms with van der Waals surface area (Å²) in [5.74, 6) is -1.76. The first-order valence-corrected chi connectivity index (χ1v) is 5.24. The third-order valence-corrected chi connectivity index (χ3v) is 2.30. The molecule has 5 heteroatoms. The van der Waals surface area contributed by atoms with Crippen molar-refractivity contribution in [3.05, 3.63) is 35.9 Å². The van der Waals surface area contributed by atoms with Gasteiger partial charge in [-0.3, -0.25) is 9.63 Å². The van der Waals surface area contributed by atoms with Crippen LogP contribution in [0.2, 0.25) is 0 Å². The second kappa shape index (κ2) is 6.78. The second-order valence-electron chi connectivity index (χ2n) is 3.70. The molecule has 1 aromatic carbocycles. The quantitative estimate of drug-likeness (QED) is 0.546. The van der Waals surface area contributed by atoms with Crippen molar-refractivity contribution in [1.82, 2.24) is 5.48 Å². The van der Waals surface area contributed by atoms with E-state index in [1.54, 1.807) is 0 Å². The highest BCUT2D eigenvalue weighted by molar-refractivity contribution is 5.77. The van der Waals surface area contributed by atoms with Gasteiger partial charge in [0.2, 0.25) is 0 Å². The number of hydrogen-bond donors (Lipinski definition) is 2. The molecular weight excluding hydrogens is 222 g/mol. The number of hydrogen-bond acceptors (Lipinski definition) is 4. The maximum Gasteiger partial charge on any atom is 0.323 e. The van der Waals surface area contributed by atoms with Crippen LogP contribution in [-0.2, 0) is 21.0 Å². The van der Waals surface area contributed by atoms with E-state index in [1.807, 2.05) is 30.3 Å². The summed E-state index contributed by atoms with van der Waals surface area (Å²) in [5.41, 5.74) is 3.31. The first-order chi connectivity index (χ1) is 8.15. The summed E-state index contributed by atoms with van der Waals surface area (Å²) in [6.45, 7) is 1.76. The Morgan fingerprint density at radius 2 is 2.12 bits per heavy atom. The zero-order valence-electron chi connectivity index (χ0n) is 9.50. The molecule has 0 amide bonds. The normalized spacial score (nSPS) is 13.9. The van der Waals surface area contributed by atoms with E-state index < -0.39 is 17.9 Å². The van der Waals surface area contributed by atoms with Crippen molar-refractivity contribution in [2.24, 2.45) is 5.92 Å². The summed E-state index contributed by atoms with van der Waals surface area (Å²) >= 11 is 0. The van der Waals surface area contributed by atoms with Crippen LogP contribution in [0, 0.1) is 5.92 Å². The van der Waals surface area contributed by atoms with Crippen LogP contribution >= 0.6 is 0 Å². The summed E-state index contributed by atoms with van der Waals surface area (Å²) in [6, 6.07) is 8.30. The van der Waals surface area contributed by atoms with Gasteiger partial charge in [0, 0.05) is 5.92 Å². The van der Waals surface area contributed by atoms with Crippen molar-refractivity contribution < 1.29 is 19.5 Å². The van der Waals surface area contributed by atoms with E-state index in [2.05, 4.69) is 5.48 Å².